The van der Waals surface area contributed by atoms with E-state index in [9.17, 15) is 9.59 Å². The van der Waals surface area contributed by atoms with E-state index in [1.807, 2.05) is 0 Å². The second-order valence-electron chi connectivity index (χ2n) is 3.91. The summed E-state index contributed by atoms with van der Waals surface area (Å²) in [5.74, 6) is -0.764. The van der Waals surface area contributed by atoms with Gasteiger partial charge in [0.25, 0.3) is 0 Å². The molecule has 104 valence electrons. The van der Waals surface area contributed by atoms with Crippen LogP contribution in [-0.4, -0.2) is 38.6 Å². The van der Waals surface area contributed by atoms with Crippen LogP contribution in [0.25, 0.3) is 0 Å². The zero-order chi connectivity index (χ0) is 14.4. The average molecular weight is 295 g/mol. The van der Waals surface area contributed by atoms with Crippen LogP contribution < -0.4 is 0 Å². The number of rotatable bonds is 6. The number of carbonyl (C=O) groups is 2. The molecule has 0 radical (unpaired) electrons. The lowest BCUT2D eigenvalue weighted by molar-refractivity contribution is -0.142. The maximum atomic E-state index is 11.7. The Hall–Kier alpha value is -2.28. The molecule has 0 unspecified atom stereocenters. The van der Waals surface area contributed by atoms with Crippen LogP contribution in [0.4, 0.5) is 0 Å². The number of hydrogen-bond acceptors (Lipinski definition) is 6. The summed E-state index contributed by atoms with van der Waals surface area (Å²) < 4.78 is 6.29. The van der Waals surface area contributed by atoms with Gasteiger partial charge in [-0.05, 0) is 34.7 Å². The van der Waals surface area contributed by atoms with Crippen molar-refractivity contribution < 1.29 is 14.3 Å². The number of benzene rings is 1. The van der Waals surface area contributed by atoms with Gasteiger partial charge < -0.3 is 4.74 Å². The molecule has 0 aliphatic heterocycles. The standard InChI is InChI=1S/C12H11ClN4O3/c13-10-3-1-9(2-4-10)11(18)7-20-12(19)5-6-17-8-14-15-16-17/h1-4,8H,5-7H2. The molecular weight excluding hydrogens is 284 g/mol. The summed E-state index contributed by atoms with van der Waals surface area (Å²) in [4.78, 5) is 23.2. The first-order valence-corrected chi connectivity index (χ1v) is 6.18. The number of hydrogen-bond donors (Lipinski definition) is 0. The van der Waals surface area contributed by atoms with Crippen LogP contribution in [-0.2, 0) is 16.1 Å². The number of nitrogens with zero attached hydrogens (tertiary/aromatic N) is 4. The average Bonchev–Trinajstić information content (AvgIpc) is 2.96. The molecular formula is C12H11ClN4O3. The molecule has 1 aromatic carbocycles. The van der Waals surface area contributed by atoms with E-state index in [0.29, 0.717) is 17.1 Å². The Balaban J connectivity index is 1.75. The summed E-state index contributed by atoms with van der Waals surface area (Å²) in [5, 5.41) is 11.0. The van der Waals surface area contributed by atoms with E-state index in [4.69, 9.17) is 16.3 Å². The minimum Gasteiger partial charge on any atom is -0.457 e. The van der Waals surface area contributed by atoms with E-state index in [0.717, 1.165) is 0 Å². The van der Waals surface area contributed by atoms with Gasteiger partial charge >= 0.3 is 5.97 Å². The molecule has 0 spiro atoms. The van der Waals surface area contributed by atoms with Gasteiger partial charge in [0.2, 0.25) is 0 Å². The van der Waals surface area contributed by atoms with Crippen molar-refractivity contribution in [3.05, 3.63) is 41.2 Å². The predicted octanol–water partition coefficient (Wildman–Crippen LogP) is 1.14. The van der Waals surface area contributed by atoms with E-state index >= 15 is 0 Å². The number of halogens is 1. The third-order valence-corrected chi connectivity index (χ3v) is 2.72. The Bertz CT molecular complexity index is 583. The van der Waals surface area contributed by atoms with Gasteiger partial charge in [0.05, 0.1) is 13.0 Å². The van der Waals surface area contributed by atoms with E-state index < -0.39 is 5.97 Å². The van der Waals surface area contributed by atoms with Crippen LogP contribution in [0, 0.1) is 0 Å². The normalized spacial score (nSPS) is 10.2. The summed E-state index contributed by atoms with van der Waals surface area (Å²) in [5.41, 5.74) is 0.447. The molecule has 0 saturated carbocycles. The van der Waals surface area contributed by atoms with Crippen LogP contribution in [0.3, 0.4) is 0 Å². The maximum Gasteiger partial charge on any atom is 0.308 e. The second-order valence-corrected chi connectivity index (χ2v) is 4.35. The Morgan fingerprint density at radius 2 is 2.00 bits per heavy atom. The third kappa shape index (κ3) is 4.13. The van der Waals surface area contributed by atoms with Gasteiger partial charge in [-0.1, -0.05) is 11.6 Å². The van der Waals surface area contributed by atoms with E-state index in [-0.39, 0.29) is 18.8 Å². The quantitative estimate of drug-likeness (QED) is 0.586. The number of carbonyl (C=O) groups excluding carboxylic acids is 2. The minimum absolute atomic E-state index is 0.0962. The van der Waals surface area contributed by atoms with Crippen LogP contribution in [0.2, 0.25) is 5.02 Å². The molecule has 0 N–H and O–H groups in total. The number of aromatic nitrogens is 4. The molecule has 0 aliphatic rings. The first kappa shape index (κ1) is 14.1. The first-order chi connectivity index (χ1) is 9.65. The van der Waals surface area contributed by atoms with Crippen molar-refractivity contribution in [3.63, 3.8) is 0 Å². The predicted molar refractivity (Wildman–Crippen MR) is 69.2 cm³/mol. The highest BCUT2D eigenvalue weighted by Gasteiger charge is 2.10. The topological polar surface area (TPSA) is 87.0 Å². The van der Waals surface area contributed by atoms with E-state index in [1.165, 1.54) is 11.0 Å². The van der Waals surface area contributed by atoms with Gasteiger partial charge in [-0.3, -0.25) is 9.59 Å². The zero-order valence-corrected chi connectivity index (χ0v) is 11.2. The molecule has 20 heavy (non-hydrogen) atoms. The van der Waals surface area contributed by atoms with Crippen molar-refractivity contribution in [2.75, 3.05) is 6.61 Å². The molecule has 0 amide bonds. The highest BCUT2D eigenvalue weighted by molar-refractivity contribution is 6.30. The zero-order valence-electron chi connectivity index (χ0n) is 10.4. The summed E-state index contributed by atoms with van der Waals surface area (Å²) in [7, 11) is 0. The SMILES string of the molecule is O=C(CCn1cnnn1)OCC(=O)c1ccc(Cl)cc1. The van der Waals surface area contributed by atoms with Crippen LogP contribution in [0.1, 0.15) is 16.8 Å². The molecule has 0 fully saturated rings. The lowest BCUT2D eigenvalue weighted by atomic mass is 10.1. The lowest BCUT2D eigenvalue weighted by Gasteiger charge is -2.04. The number of Topliss-reactive ketones (excluding diaryl/α,β-unsaturated/α-hetero) is 1. The van der Waals surface area contributed by atoms with Crippen molar-refractivity contribution in [1.29, 1.82) is 0 Å². The van der Waals surface area contributed by atoms with Crippen molar-refractivity contribution in [2.45, 2.75) is 13.0 Å². The summed E-state index contributed by atoms with van der Waals surface area (Å²) in [6.07, 6.45) is 1.49. The summed E-state index contributed by atoms with van der Waals surface area (Å²) >= 11 is 5.72. The molecule has 2 rings (SSSR count). The van der Waals surface area contributed by atoms with Crippen LogP contribution >= 0.6 is 11.6 Å². The third-order valence-electron chi connectivity index (χ3n) is 2.47. The second kappa shape index (κ2) is 6.76. The highest BCUT2D eigenvalue weighted by Crippen LogP contribution is 2.10. The monoisotopic (exact) mass is 294 g/mol. The van der Waals surface area contributed by atoms with Crippen LogP contribution in [0.5, 0.6) is 0 Å². The van der Waals surface area contributed by atoms with Gasteiger partial charge in [0, 0.05) is 10.6 Å². The number of esters is 1. The molecule has 0 saturated heterocycles. The molecule has 2 aromatic rings. The molecule has 0 bridgehead atoms. The van der Waals surface area contributed by atoms with Gasteiger partial charge in [-0.2, -0.15) is 0 Å². The summed E-state index contributed by atoms with van der Waals surface area (Å²) in [6.45, 7) is 0.0110. The number of tetrazole rings is 1. The molecule has 7 nitrogen and oxygen atoms in total. The van der Waals surface area contributed by atoms with E-state index in [1.54, 1.807) is 24.3 Å². The van der Waals surface area contributed by atoms with Crippen molar-refractivity contribution in [1.82, 2.24) is 20.2 Å². The highest BCUT2D eigenvalue weighted by atomic mass is 35.5. The first-order valence-electron chi connectivity index (χ1n) is 5.80. The Labute approximate surface area is 119 Å². The molecule has 0 aliphatic carbocycles. The van der Waals surface area contributed by atoms with Crippen molar-refractivity contribution in [3.8, 4) is 0 Å². The Morgan fingerprint density at radius 1 is 1.25 bits per heavy atom. The van der Waals surface area contributed by atoms with Gasteiger partial charge in [-0.15, -0.1) is 5.10 Å². The fourth-order valence-electron chi connectivity index (χ4n) is 1.43. The van der Waals surface area contributed by atoms with Gasteiger partial charge in [0.1, 0.15) is 6.33 Å². The minimum atomic E-state index is -0.484. The smallest absolute Gasteiger partial charge is 0.308 e. The maximum absolute atomic E-state index is 11.7. The lowest BCUT2D eigenvalue weighted by Crippen LogP contribution is -2.15. The number of aryl methyl sites for hydroxylation is 1. The van der Waals surface area contributed by atoms with Crippen molar-refractivity contribution in [2.24, 2.45) is 0 Å². The van der Waals surface area contributed by atoms with Gasteiger partial charge in [-0.25, -0.2) is 4.68 Å². The molecule has 1 aromatic heterocycles. The fraction of sp³-hybridized carbons (Fsp3) is 0.250. The largest absolute Gasteiger partial charge is 0.457 e. The van der Waals surface area contributed by atoms with Gasteiger partial charge in [0.15, 0.2) is 12.4 Å². The molecule has 8 heteroatoms. The Morgan fingerprint density at radius 3 is 2.65 bits per heavy atom. The van der Waals surface area contributed by atoms with Crippen molar-refractivity contribution >= 4 is 23.4 Å². The summed E-state index contributed by atoms with van der Waals surface area (Å²) in [6, 6.07) is 6.38. The molecule has 0 atom stereocenters. The fourth-order valence-corrected chi connectivity index (χ4v) is 1.55. The van der Waals surface area contributed by atoms with Crippen LogP contribution in [0.15, 0.2) is 30.6 Å². The number of ether oxygens (including phenoxy) is 1. The Kier molecular flexibility index (Phi) is 4.78. The molecule has 1 heterocycles. The number of ketones is 1. The van der Waals surface area contributed by atoms with E-state index in [2.05, 4.69) is 15.5 Å².